The number of nitrogens with zero attached hydrogens (tertiary/aromatic N) is 5. The zero-order valence-electron chi connectivity index (χ0n) is 18.7. The summed E-state index contributed by atoms with van der Waals surface area (Å²) < 4.78 is 32.9. The summed E-state index contributed by atoms with van der Waals surface area (Å²) in [7, 11) is 1.76. The molecule has 1 saturated heterocycles. The number of aromatic nitrogens is 2. The van der Waals surface area contributed by atoms with E-state index >= 15 is 0 Å². The van der Waals surface area contributed by atoms with Gasteiger partial charge in [-0.3, -0.25) is 9.89 Å². The Kier molecular flexibility index (Phi) is 7.95. The maximum absolute atomic E-state index is 14.3. The van der Waals surface area contributed by atoms with E-state index < -0.39 is 11.6 Å². The smallest absolute Gasteiger partial charge is 0.228 e. The summed E-state index contributed by atoms with van der Waals surface area (Å²) in [6.07, 6.45) is 1.39. The quantitative estimate of drug-likeness (QED) is 0.532. The van der Waals surface area contributed by atoms with E-state index in [1.165, 1.54) is 6.07 Å². The minimum absolute atomic E-state index is 0.0644. The highest BCUT2D eigenvalue weighted by molar-refractivity contribution is 5.80. The van der Waals surface area contributed by atoms with Crippen molar-refractivity contribution in [3.05, 3.63) is 47.1 Å². The third kappa shape index (κ3) is 5.78. The summed E-state index contributed by atoms with van der Waals surface area (Å²) in [5.74, 6) is 1.38. The molecule has 3 rings (SSSR count). The predicted octanol–water partition coefficient (Wildman–Crippen LogP) is 3.36. The fraction of sp³-hybridized carbons (Fsp3) is 0.591. The normalized spacial score (nSPS) is 16.7. The van der Waals surface area contributed by atoms with Crippen molar-refractivity contribution in [2.75, 3.05) is 39.8 Å². The molecule has 1 aliphatic heterocycles. The molecule has 170 valence electrons. The van der Waals surface area contributed by atoms with Gasteiger partial charge in [0.05, 0.1) is 0 Å². The van der Waals surface area contributed by atoms with Crippen LogP contribution in [0.2, 0.25) is 0 Å². The van der Waals surface area contributed by atoms with Gasteiger partial charge >= 0.3 is 0 Å². The first kappa shape index (κ1) is 23.1. The van der Waals surface area contributed by atoms with Gasteiger partial charge in [-0.15, -0.1) is 0 Å². The lowest BCUT2D eigenvalue weighted by molar-refractivity contribution is 0.124. The minimum atomic E-state index is -0.545. The molecular formula is C22H32F2N6O. The zero-order chi connectivity index (χ0) is 22.4. The molecule has 0 radical (unpaired) electrons. The van der Waals surface area contributed by atoms with Crippen LogP contribution in [0.3, 0.4) is 0 Å². The minimum Gasteiger partial charge on any atom is -0.356 e. The summed E-state index contributed by atoms with van der Waals surface area (Å²) in [6, 6.07) is 3.79. The molecule has 31 heavy (non-hydrogen) atoms. The Morgan fingerprint density at radius 3 is 2.55 bits per heavy atom. The van der Waals surface area contributed by atoms with Crippen LogP contribution < -0.4 is 5.32 Å². The van der Waals surface area contributed by atoms with Gasteiger partial charge in [0, 0.05) is 69.8 Å². The third-order valence-corrected chi connectivity index (χ3v) is 5.60. The van der Waals surface area contributed by atoms with Crippen LogP contribution >= 0.6 is 0 Å². The number of rotatable bonds is 7. The second-order valence-electron chi connectivity index (χ2n) is 8.04. The topological polar surface area (TPSA) is 69.8 Å². The van der Waals surface area contributed by atoms with Gasteiger partial charge in [-0.1, -0.05) is 32.0 Å². The first-order valence-corrected chi connectivity index (χ1v) is 10.9. The van der Waals surface area contributed by atoms with E-state index in [0.29, 0.717) is 24.4 Å². The molecule has 2 heterocycles. The lowest BCUT2D eigenvalue weighted by Gasteiger charge is -2.40. The van der Waals surface area contributed by atoms with E-state index in [1.54, 1.807) is 13.1 Å². The fourth-order valence-corrected chi connectivity index (χ4v) is 3.91. The molecule has 1 aromatic carbocycles. The van der Waals surface area contributed by atoms with E-state index in [9.17, 15) is 8.78 Å². The maximum Gasteiger partial charge on any atom is 0.228 e. The third-order valence-electron chi connectivity index (χ3n) is 5.60. The summed E-state index contributed by atoms with van der Waals surface area (Å²) in [4.78, 5) is 13.2. The van der Waals surface area contributed by atoms with E-state index in [0.717, 1.165) is 50.5 Å². The first-order valence-electron chi connectivity index (χ1n) is 10.9. The lowest BCUT2D eigenvalue weighted by Crippen LogP contribution is -2.53. The highest BCUT2D eigenvalue weighted by atomic mass is 19.1. The summed E-state index contributed by atoms with van der Waals surface area (Å²) in [6.45, 7) is 9.83. The Bertz CT molecular complexity index is 877. The maximum atomic E-state index is 14.3. The van der Waals surface area contributed by atoms with Crippen molar-refractivity contribution in [2.24, 2.45) is 4.99 Å². The molecule has 7 nitrogen and oxygen atoms in total. The van der Waals surface area contributed by atoms with Crippen LogP contribution in [0.5, 0.6) is 0 Å². The molecule has 1 aliphatic rings. The van der Waals surface area contributed by atoms with Crippen LogP contribution in [0.1, 0.15) is 56.4 Å². The molecule has 2 aromatic rings. The van der Waals surface area contributed by atoms with Crippen LogP contribution in [0.15, 0.2) is 27.7 Å². The lowest BCUT2D eigenvalue weighted by atomic mass is 10.0. The van der Waals surface area contributed by atoms with E-state index in [4.69, 9.17) is 4.52 Å². The van der Waals surface area contributed by atoms with Gasteiger partial charge in [0.2, 0.25) is 5.89 Å². The van der Waals surface area contributed by atoms with Crippen molar-refractivity contribution in [1.29, 1.82) is 0 Å². The van der Waals surface area contributed by atoms with Gasteiger partial charge < -0.3 is 14.7 Å². The Morgan fingerprint density at radius 2 is 1.97 bits per heavy atom. The number of hydrogen-bond donors (Lipinski definition) is 1. The van der Waals surface area contributed by atoms with Crippen LogP contribution in [0.25, 0.3) is 0 Å². The van der Waals surface area contributed by atoms with Gasteiger partial charge in [0.25, 0.3) is 0 Å². The highest BCUT2D eigenvalue weighted by Crippen LogP contribution is 2.28. The number of aliphatic imine (C=N–C) groups is 1. The zero-order valence-corrected chi connectivity index (χ0v) is 18.7. The molecule has 0 saturated carbocycles. The standard InChI is InChI=1S/C22H32F2N6O/c1-5-19(17-7-6-16(23)14-18(17)24)29-10-12-30(13-11-29)22(25-4)26-9-8-20-27-21(15(2)3)28-31-20/h6-7,14-15,19H,5,8-13H2,1-4H3,(H,25,26). The Hall–Kier alpha value is -2.55. The van der Waals surface area contributed by atoms with Crippen molar-refractivity contribution in [3.63, 3.8) is 0 Å². The van der Waals surface area contributed by atoms with Crippen LogP contribution in [0.4, 0.5) is 8.78 Å². The average Bonchev–Trinajstić information content (AvgIpc) is 3.23. The van der Waals surface area contributed by atoms with E-state index in [2.05, 4.69) is 30.2 Å². The summed E-state index contributed by atoms with van der Waals surface area (Å²) in [5, 5.41) is 7.34. The fourth-order valence-electron chi connectivity index (χ4n) is 3.91. The molecule has 1 atom stereocenters. The van der Waals surface area contributed by atoms with Crippen molar-refractivity contribution >= 4 is 5.96 Å². The SMILES string of the molecule is CCC(c1ccc(F)cc1F)N1CCN(C(=NC)NCCc2nc(C(C)C)no2)CC1. The van der Waals surface area contributed by atoms with Gasteiger partial charge in [0.15, 0.2) is 11.8 Å². The first-order chi connectivity index (χ1) is 14.9. The highest BCUT2D eigenvalue weighted by Gasteiger charge is 2.27. The molecule has 0 spiro atoms. The van der Waals surface area contributed by atoms with Gasteiger partial charge in [-0.05, 0) is 12.5 Å². The monoisotopic (exact) mass is 434 g/mol. The van der Waals surface area contributed by atoms with Crippen molar-refractivity contribution < 1.29 is 13.3 Å². The summed E-state index contributed by atoms with van der Waals surface area (Å²) in [5.41, 5.74) is 0.556. The number of piperazine rings is 1. The molecule has 1 fully saturated rings. The second kappa shape index (κ2) is 10.7. The molecule has 1 aromatic heterocycles. The van der Waals surface area contributed by atoms with E-state index in [1.807, 2.05) is 20.8 Å². The molecule has 1 unspecified atom stereocenters. The number of halogens is 2. The number of guanidine groups is 1. The molecule has 0 aliphatic carbocycles. The molecular weight excluding hydrogens is 402 g/mol. The molecule has 0 amide bonds. The van der Waals surface area contributed by atoms with Crippen molar-refractivity contribution in [1.82, 2.24) is 25.3 Å². The number of hydrogen-bond acceptors (Lipinski definition) is 5. The Labute approximate surface area is 182 Å². The molecule has 1 N–H and O–H groups in total. The van der Waals surface area contributed by atoms with Gasteiger partial charge in [-0.25, -0.2) is 8.78 Å². The van der Waals surface area contributed by atoms with Crippen molar-refractivity contribution in [3.8, 4) is 0 Å². The largest absolute Gasteiger partial charge is 0.356 e. The van der Waals surface area contributed by atoms with Crippen molar-refractivity contribution in [2.45, 2.75) is 45.6 Å². The van der Waals surface area contributed by atoms with Crippen LogP contribution in [-0.4, -0.2) is 65.7 Å². The van der Waals surface area contributed by atoms with Gasteiger partial charge in [-0.2, -0.15) is 4.98 Å². The Morgan fingerprint density at radius 1 is 1.23 bits per heavy atom. The number of benzene rings is 1. The number of nitrogens with one attached hydrogen (secondary N) is 1. The molecule has 0 bridgehead atoms. The molecule has 9 heteroatoms. The Balaban J connectivity index is 1.52. The van der Waals surface area contributed by atoms with Crippen LogP contribution in [0, 0.1) is 11.6 Å². The second-order valence-corrected chi connectivity index (χ2v) is 8.04. The van der Waals surface area contributed by atoms with E-state index in [-0.39, 0.29) is 12.0 Å². The average molecular weight is 435 g/mol. The van der Waals surface area contributed by atoms with Gasteiger partial charge in [0.1, 0.15) is 11.6 Å². The van der Waals surface area contributed by atoms with Crippen LogP contribution in [-0.2, 0) is 6.42 Å². The predicted molar refractivity (Wildman–Crippen MR) is 116 cm³/mol. The summed E-state index contributed by atoms with van der Waals surface area (Å²) >= 11 is 0.